The van der Waals surface area contributed by atoms with Gasteiger partial charge in [-0.3, -0.25) is 9.48 Å². The van der Waals surface area contributed by atoms with Gasteiger partial charge in [0.05, 0.1) is 23.7 Å². The molecule has 0 amide bonds. The predicted molar refractivity (Wildman–Crippen MR) is 50.1 cm³/mol. The van der Waals surface area contributed by atoms with Gasteiger partial charge in [0.25, 0.3) is 0 Å². The number of carboxylic acids is 1. The van der Waals surface area contributed by atoms with Crippen LogP contribution in [0, 0.1) is 5.92 Å². The minimum absolute atomic E-state index is 0.147. The average molecular weight is 219 g/mol. The molecule has 1 atom stereocenters. The lowest BCUT2D eigenvalue weighted by molar-refractivity contribution is -0.142. The fourth-order valence-corrected chi connectivity index (χ4v) is 1.27. The Kier molecular flexibility index (Phi) is 3.91. The van der Waals surface area contributed by atoms with Gasteiger partial charge in [0.15, 0.2) is 0 Å². The Morgan fingerprint density at radius 3 is 2.86 bits per heavy atom. The quantitative estimate of drug-likeness (QED) is 0.760. The fraction of sp³-hybridized carbons (Fsp3) is 0.500. The summed E-state index contributed by atoms with van der Waals surface area (Å²) >= 11 is 5.62. The van der Waals surface area contributed by atoms with Crippen molar-refractivity contribution in [3.05, 3.63) is 17.4 Å². The highest BCUT2D eigenvalue weighted by Crippen LogP contribution is 2.10. The molecule has 0 bridgehead atoms. The highest BCUT2D eigenvalue weighted by atomic mass is 35.5. The first-order chi connectivity index (χ1) is 6.63. The van der Waals surface area contributed by atoms with E-state index in [1.807, 2.05) is 0 Å². The van der Waals surface area contributed by atoms with E-state index in [-0.39, 0.29) is 19.6 Å². The molecule has 5 nitrogen and oxygen atoms in total. The van der Waals surface area contributed by atoms with Crippen LogP contribution in [-0.2, 0) is 11.3 Å². The molecule has 0 saturated carbocycles. The summed E-state index contributed by atoms with van der Waals surface area (Å²) in [5.74, 6) is -1.57. The number of aliphatic carboxylic acids is 1. The van der Waals surface area contributed by atoms with Crippen molar-refractivity contribution in [2.24, 2.45) is 5.92 Å². The van der Waals surface area contributed by atoms with Gasteiger partial charge < -0.3 is 10.2 Å². The number of halogens is 1. The minimum atomic E-state index is -0.939. The molecule has 0 saturated heterocycles. The maximum atomic E-state index is 10.7. The van der Waals surface area contributed by atoms with E-state index in [4.69, 9.17) is 21.8 Å². The third-order valence-corrected chi connectivity index (χ3v) is 2.03. The van der Waals surface area contributed by atoms with Gasteiger partial charge in [-0.15, -0.1) is 0 Å². The third-order valence-electron chi connectivity index (χ3n) is 1.84. The molecule has 1 rings (SSSR count). The topological polar surface area (TPSA) is 75.3 Å². The van der Waals surface area contributed by atoms with E-state index in [1.54, 1.807) is 6.20 Å². The van der Waals surface area contributed by atoms with E-state index in [0.29, 0.717) is 5.02 Å². The molecular weight excluding hydrogens is 208 g/mol. The van der Waals surface area contributed by atoms with Crippen LogP contribution < -0.4 is 0 Å². The van der Waals surface area contributed by atoms with Crippen molar-refractivity contribution in [2.75, 3.05) is 6.61 Å². The molecule has 0 spiro atoms. The summed E-state index contributed by atoms with van der Waals surface area (Å²) in [7, 11) is 0. The SMILES string of the molecule is O=C(O)C(CCO)Cn1cc(Cl)cn1. The standard InChI is InChI=1S/C8H11ClN2O3/c9-7-3-10-11(5-7)4-6(1-2-12)8(13)14/h3,5-6,12H,1-2,4H2,(H,13,14). The van der Waals surface area contributed by atoms with Gasteiger partial charge in [-0.1, -0.05) is 11.6 Å². The van der Waals surface area contributed by atoms with E-state index in [9.17, 15) is 4.79 Å². The van der Waals surface area contributed by atoms with Crippen LogP contribution in [-0.4, -0.2) is 32.6 Å². The minimum Gasteiger partial charge on any atom is -0.481 e. The van der Waals surface area contributed by atoms with Crippen LogP contribution >= 0.6 is 11.6 Å². The van der Waals surface area contributed by atoms with Crippen LogP contribution in [0.1, 0.15) is 6.42 Å². The zero-order valence-corrected chi connectivity index (χ0v) is 8.18. The molecule has 0 fully saturated rings. The molecule has 1 unspecified atom stereocenters. The second kappa shape index (κ2) is 4.97. The Balaban J connectivity index is 2.59. The summed E-state index contributed by atoms with van der Waals surface area (Å²) < 4.78 is 1.46. The molecule has 0 radical (unpaired) electrons. The van der Waals surface area contributed by atoms with Gasteiger partial charge >= 0.3 is 5.97 Å². The normalized spacial score (nSPS) is 12.7. The van der Waals surface area contributed by atoms with Crippen molar-refractivity contribution in [2.45, 2.75) is 13.0 Å². The largest absolute Gasteiger partial charge is 0.481 e. The van der Waals surface area contributed by atoms with E-state index < -0.39 is 11.9 Å². The molecule has 78 valence electrons. The number of aliphatic hydroxyl groups excluding tert-OH is 1. The lowest BCUT2D eigenvalue weighted by Gasteiger charge is -2.10. The fourth-order valence-electron chi connectivity index (χ4n) is 1.11. The molecule has 1 heterocycles. The number of aliphatic hydroxyl groups is 1. The summed E-state index contributed by atoms with van der Waals surface area (Å²) in [6, 6.07) is 0. The Hall–Kier alpha value is -1.07. The number of carbonyl (C=O) groups is 1. The van der Waals surface area contributed by atoms with Crippen molar-refractivity contribution < 1.29 is 15.0 Å². The van der Waals surface area contributed by atoms with Crippen LogP contribution in [0.5, 0.6) is 0 Å². The predicted octanol–water partition coefficient (Wildman–Crippen LogP) is 0.620. The van der Waals surface area contributed by atoms with Gasteiger partial charge in [-0.05, 0) is 6.42 Å². The first kappa shape index (κ1) is 11.0. The number of hydrogen-bond acceptors (Lipinski definition) is 3. The van der Waals surface area contributed by atoms with Gasteiger partial charge in [0.1, 0.15) is 0 Å². The highest BCUT2D eigenvalue weighted by molar-refractivity contribution is 6.30. The maximum Gasteiger partial charge on any atom is 0.308 e. The van der Waals surface area contributed by atoms with E-state index in [2.05, 4.69) is 5.10 Å². The zero-order chi connectivity index (χ0) is 10.6. The molecule has 14 heavy (non-hydrogen) atoms. The number of rotatable bonds is 5. The summed E-state index contributed by atoms with van der Waals surface area (Å²) in [4.78, 5) is 10.7. The first-order valence-electron chi connectivity index (χ1n) is 4.15. The van der Waals surface area contributed by atoms with E-state index >= 15 is 0 Å². The summed E-state index contributed by atoms with van der Waals surface area (Å²) in [5, 5.41) is 21.8. The maximum absolute atomic E-state index is 10.7. The smallest absolute Gasteiger partial charge is 0.308 e. The number of nitrogens with zero attached hydrogens (tertiary/aromatic N) is 2. The van der Waals surface area contributed by atoms with Crippen LogP contribution in [0.25, 0.3) is 0 Å². The first-order valence-corrected chi connectivity index (χ1v) is 4.53. The Morgan fingerprint density at radius 2 is 2.43 bits per heavy atom. The van der Waals surface area contributed by atoms with Crippen molar-refractivity contribution in [1.82, 2.24) is 9.78 Å². The molecule has 1 aromatic rings. The summed E-state index contributed by atoms with van der Waals surface area (Å²) in [5.41, 5.74) is 0. The molecule has 2 N–H and O–H groups in total. The van der Waals surface area contributed by atoms with Crippen molar-refractivity contribution >= 4 is 17.6 Å². The lowest BCUT2D eigenvalue weighted by Crippen LogP contribution is -2.21. The molecule has 0 aliphatic carbocycles. The zero-order valence-electron chi connectivity index (χ0n) is 7.43. The molecule has 6 heteroatoms. The van der Waals surface area contributed by atoms with Crippen molar-refractivity contribution in [3.8, 4) is 0 Å². The van der Waals surface area contributed by atoms with Crippen LogP contribution in [0.4, 0.5) is 0 Å². The van der Waals surface area contributed by atoms with Crippen LogP contribution in [0.3, 0.4) is 0 Å². The monoisotopic (exact) mass is 218 g/mol. The molecular formula is C8H11ClN2O3. The number of hydrogen-bond donors (Lipinski definition) is 2. The second-order valence-electron chi connectivity index (χ2n) is 2.93. The molecule has 1 aromatic heterocycles. The molecule has 0 aliphatic heterocycles. The van der Waals surface area contributed by atoms with E-state index in [1.165, 1.54) is 10.9 Å². The van der Waals surface area contributed by atoms with E-state index in [0.717, 1.165) is 0 Å². The van der Waals surface area contributed by atoms with Crippen molar-refractivity contribution in [3.63, 3.8) is 0 Å². The lowest BCUT2D eigenvalue weighted by atomic mass is 10.1. The van der Waals surface area contributed by atoms with Crippen molar-refractivity contribution in [1.29, 1.82) is 0 Å². The molecule has 0 aromatic carbocycles. The Labute approximate surface area is 85.9 Å². The van der Waals surface area contributed by atoms with Gasteiger partial charge in [0, 0.05) is 12.8 Å². The average Bonchev–Trinajstić information content (AvgIpc) is 2.50. The van der Waals surface area contributed by atoms with Gasteiger partial charge in [0.2, 0.25) is 0 Å². The number of carboxylic acid groups (broad SMARTS) is 1. The summed E-state index contributed by atoms with van der Waals surface area (Å²) in [6.45, 7) is 0.0780. The van der Waals surface area contributed by atoms with Crippen LogP contribution in [0.2, 0.25) is 5.02 Å². The van der Waals surface area contributed by atoms with Crippen LogP contribution in [0.15, 0.2) is 12.4 Å². The van der Waals surface area contributed by atoms with Gasteiger partial charge in [-0.25, -0.2) is 0 Å². The third kappa shape index (κ3) is 3.01. The van der Waals surface area contributed by atoms with Gasteiger partial charge in [-0.2, -0.15) is 5.10 Å². The Morgan fingerprint density at radius 1 is 1.71 bits per heavy atom. The second-order valence-corrected chi connectivity index (χ2v) is 3.36. The Bertz CT molecular complexity index is 313. The highest BCUT2D eigenvalue weighted by Gasteiger charge is 2.17. The molecule has 0 aliphatic rings. The summed E-state index contributed by atoms with van der Waals surface area (Å²) in [6.07, 6.45) is 3.21. The number of aromatic nitrogens is 2.